The van der Waals surface area contributed by atoms with E-state index in [1.807, 2.05) is 0 Å². The molecule has 2 saturated carbocycles. The monoisotopic (exact) mass is 418 g/mol. The molecule has 0 atom stereocenters. The van der Waals surface area contributed by atoms with Crippen molar-refractivity contribution in [2.45, 2.75) is 84.5 Å². The number of hydrogen-bond donors (Lipinski definition) is 0. The maximum absolute atomic E-state index is 2.40. The molecule has 31 heavy (non-hydrogen) atoms. The SMILES string of the molecule is C.C/C=C/C1CCC(c2ccc(-c3ccc(C4CCC(/C=C/C)CC4)cc3)cc2)CC1.[HH].[HH]. The van der Waals surface area contributed by atoms with Crippen LogP contribution in [0.1, 0.15) is 98.5 Å². The van der Waals surface area contributed by atoms with Crippen LogP contribution < -0.4 is 0 Å². The predicted molar refractivity (Wildman–Crippen MR) is 142 cm³/mol. The van der Waals surface area contributed by atoms with E-state index in [1.165, 1.54) is 73.6 Å². The summed E-state index contributed by atoms with van der Waals surface area (Å²) in [4.78, 5) is 0. The number of rotatable bonds is 5. The molecule has 0 saturated heterocycles. The first kappa shape index (κ1) is 23.6. The molecule has 0 aliphatic heterocycles. The van der Waals surface area contributed by atoms with Gasteiger partial charge in [-0.15, -0.1) is 0 Å². The predicted octanol–water partition coefficient (Wildman–Crippen LogP) is 10.2. The average molecular weight is 419 g/mol. The lowest BCUT2D eigenvalue weighted by molar-refractivity contribution is 0.375. The summed E-state index contributed by atoms with van der Waals surface area (Å²) in [6.07, 6.45) is 19.9. The highest BCUT2D eigenvalue weighted by molar-refractivity contribution is 5.64. The zero-order valence-corrected chi connectivity index (χ0v) is 18.9. The lowest BCUT2D eigenvalue weighted by Gasteiger charge is -2.27. The van der Waals surface area contributed by atoms with Crippen LogP contribution in [0.5, 0.6) is 0 Å². The van der Waals surface area contributed by atoms with Crippen LogP contribution in [0.15, 0.2) is 72.8 Å². The van der Waals surface area contributed by atoms with Crippen molar-refractivity contribution in [3.8, 4) is 11.1 Å². The van der Waals surface area contributed by atoms with Crippen LogP contribution in [-0.2, 0) is 0 Å². The molecule has 0 bridgehead atoms. The highest BCUT2D eigenvalue weighted by atomic mass is 14.3. The molecule has 2 fully saturated rings. The molecule has 2 aliphatic carbocycles. The third-order valence-corrected chi connectivity index (χ3v) is 7.57. The second-order valence-electron chi connectivity index (χ2n) is 9.52. The van der Waals surface area contributed by atoms with Crippen molar-refractivity contribution in [3.63, 3.8) is 0 Å². The maximum atomic E-state index is 2.40. The van der Waals surface area contributed by atoms with Crippen LogP contribution in [0.25, 0.3) is 11.1 Å². The molecule has 2 aromatic carbocycles. The molecule has 0 heterocycles. The molecule has 0 amide bonds. The molecule has 0 spiro atoms. The first-order valence-corrected chi connectivity index (χ1v) is 12.2. The molecule has 4 rings (SSSR count). The van der Waals surface area contributed by atoms with Crippen molar-refractivity contribution in [3.05, 3.63) is 84.0 Å². The molecule has 0 radical (unpaired) electrons. The summed E-state index contributed by atoms with van der Waals surface area (Å²) in [5.41, 5.74) is 5.77. The van der Waals surface area contributed by atoms with Gasteiger partial charge in [-0.2, -0.15) is 0 Å². The van der Waals surface area contributed by atoms with E-state index in [4.69, 9.17) is 0 Å². The van der Waals surface area contributed by atoms with Gasteiger partial charge in [-0.3, -0.25) is 0 Å². The van der Waals surface area contributed by atoms with Gasteiger partial charge < -0.3 is 0 Å². The van der Waals surface area contributed by atoms with Crippen molar-refractivity contribution < 1.29 is 2.85 Å². The van der Waals surface area contributed by atoms with Crippen LogP contribution in [0.3, 0.4) is 0 Å². The van der Waals surface area contributed by atoms with Crippen molar-refractivity contribution in [1.29, 1.82) is 0 Å². The fourth-order valence-electron chi connectivity index (χ4n) is 5.73. The Labute approximate surface area is 194 Å². The van der Waals surface area contributed by atoms with E-state index in [-0.39, 0.29) is 10.3 Å². The molecule has 0 aromatic heterocycles. The highest BCUT2D eigenvalue weighted by Gasteiger charge is 2.22. The topological polar surface area (TPSA) is 0 Å². The van der Waals surface area contributed by atoms with E-state index in [0.717, 1.165) is 23.7 Å². The number of hydrogen-bond acceptors (Lipinski definition) is 0. The summed E-state index contributed by atoms with van der Waals surface area (Å²) in [7, 11) is 0. The van der Waals surface area contributed by atoms with Gasteiger partial charge >= 0.3 is 0 Å². The summed E-state index contributed by atoms with van der Waals surface area (Å²) >= 11 is 0. The molecule has 0 unspecified atom stereocenters. The fraction of sp³-hybridized carbons (Fsp3) is 0.484. The lowest BCUT2D eigenvalue weighted by atomic mass is 9.78. The first-order valence-electron chi connectivity index (χ1n) is 12.2. The zero-order chi connectivity index (χ0) is 20.8. The minimum atomic E-state index is 0. The molecule has 2 aliphatic rings. The van der Waals surface area contributed by atoms with Gasteiger partial charge in [0, 0.05) is 2.85 Å². The smallest absolute Gasteiger partial charge is 0 e. The summed E-state index contributed by atoms with van der Waals surface area (Å²) in [5, 5.41) is 0. The van der Waals surface area contributed by atoms with E-state index < -0.39 is 0 Å². The molecule has 170 valence electrons. The van der Waals surface area contributed by atoms with Gasteiger partial charge in [0.05, 0.1) is 0 Å². The molecule has 0 N–H and O–H groups in total. The number of allylic oxidation sites excluding steroid dienone is 4. The molecular weight excluding hydrogens is 372 g/mol. The van der Waals surface area contributed by atoms with Crippen LogP contribution in [0.4, 0.5) is 0 Å². The minimum absolute atomic E-state index is 0. The Hall–Kier alpha value is -2.08. The van der Waals surface area contributed by atoms with Gasteiger partial charge in [0.2, 0.25) is 0 Å². The second-order valence-corrected chi connectivity index (χ2v) is 9.52. The average Bonchev–Trinajstić information content (AvgIpc) is 2.81. The van der Waals surface area contributed by atoms with E-state index >= 15 is 0 Å². The van der Waals surface area contributed by atoms with E-state index in [0.29, 0.717) is 0 Å². The van der Waals surface area contributed by atoms with Crippen molar-refractivity contribution >= 4 is 0 Å². The van der Waals surface area contributed by atoms with Crippen molar-refractivity contribution in [1.82, 2.24) is 0 Å². The van der Waals surface area contributed by atoms with Gasteiger partial charge in [0.1, 0.15) is 0 Å². The van der Waals surface area contributed by atoms with E-state index in [1.54, 1.807) is 0 Å². The highest BCUT2D eigenvalue weighted by Crippen LogP contribution is 2.38. The van der Waals surface area contributed by atoms with Gasteiger partial charge in [-0.1, -0.05) is 80.3 Å². The Morgan fingerprint density at radius 2 is 0.871 bits per heavy atom. The van der Waals surface area contributed by atoms with Crippen LogP contribution in [-0.4, -0.2) is 0 Å². The van der Waals surface area contributed by atoms with Crippen molar-refractivity contribution in [2.75, 3.05) is 0 Å². The van der Waals surface area contributed by atoms with Crippen LogP contribution in [0.2, 0.25) is 0 Å². The van der Waals surface area contributed by atoms with E-state index in [9.17, 15) is 0 Å². The fourth-order valence-corrected chi connectivity index (χ4v) is 5.73. The minimum Gasteiger partial charge on any atom is -0.0914 e. The van der Waals surface area contributed by atoms with Gasteiger partial charge in [-0.25, -0.2) is 0 Å². The van der Waals surface area contributed by atoms with Crippen molar-refractivity contribution in [2.24, 2.45) is 11.8 Å². The van der Waals surface area contributed by atoms with Crippen LogP contribution >= 0.6 is 0 Å². The Balaban J connectivity index is 0.00000181. The molecular formula is C31H46. The Morgan fingerprint density at radius 1 is 0.548 bits per heavy atom. The Morgan fingerprint density at radius 3 is 1.16 bits per heavy atom. The van der Waals surface area contributed by atoms with Gasteiger partial charge in [0.15, 0.2) is 0 Å². The lowest BCUT2D eigenvalue weighted by Crippen LogP contribution is -2.11. The third-order valence-electron chi connectivity index (χ3n) is 7.57. The summed E-state index contributed by atoms with van der Waals surface area (Å²) < 4.78 is 0. The number of benzene rings is 2. The largest absolute Gasteiger partial charge is 0.0914 e. The van der Waals surface area contributed by atoms with E-state index in [2.05, 4.69) is 86.7 Å². The maximum Gasteiger partial charge on any atom is 0 e. The second kappa shape index (κ2) is 11.5. The summed E-state index contributed by atoms with van der Waals surface area (Å²) in [5.74, 6) is 3.12. The third kappa shape index (κ3) is 6.00. The quantitative estimate of drug-likeness (QED) is 0.424. The Bertz CT molecular complexity index is 758. The summed E-state index contributed by atoms with van der Waals surface area (Å²) in [6, 6.07) is 18.9. The molecule has 0 heteroatoms. The standard InChI is InChI=1S/C30H38.CH4.2H2/c1-3-5-23-7-11-25(12-8-23)27-15-19-29(20-16-27)30-21-17-28(18-22-30)26-13-9-24(6-4-2)10-14-26;;;/h3-6,15-26H,7-14H2,1-2H3;1H4;2*1H/b5-3+,6-4+;;;. The first-order chi connectivity index (χ1) is 14.8. The van der Waals surface area contributed by atoms with Gasteiger partial charge in [-0.05, 0) is 111 Å². The van der Waals surface area contributed by atoms with Gasteiger partial charge in [0.25, 0.3) is 0 Å². The summed E-state index contributed by atoms with van der Waals surface area (Å²) in [6.45, 7) is 4.29. The molecule has 0 nitrogen and oxygen atoms in total. The van der Waals surface area contributed by atoms with Crippen LogP contribution in [0, 0.1) is 11.8 Å². The zero-order valence-electron chi connectivity index (χ0n) is 18.9. The molecule has 2 aromatic rings. The normalized spacial score (nSPS) is 26.8. The Kier molecular flexibility index (Phi) is 8.76.